The third-order valence-corrected chi connectivity index (χ3v) is 3.22. The van der Waals surface area contributed by atoms with E-state index in [4.69, 9.17) is 0 Å². The van der Waals surface area contributed by atoms with Gasteiger partial charge < -0.3 is 0 Å². The Morgan fingerprint density at radius 3 is 2.91 bits per heavy atom. The number of halogens is 2. The second-order valence-electron chi connectivity index (χ2n) is 1.98. The van der Waals surface area contributed by atoms with Crippen LogP contribution in [0.3, 0.4) is 0 Å². The molecule has 60 valence electrons. The molecule has 1 aromatic carbocycles. The molecule has 0 unspecified atom stereocenters. The summed E-state index contributed by atoms with van der Waals surface area (Å²) in [5, 5.41) is 0. The average molecular weight is 235 g/mol. The Labute approximate surface area is 78.3 Å². The Morgan fingerprint density at radius 1 is 1.55 bits per heavy atom. The van der Waals surface area contributed by atoms with Crippen LogP contribution in [0.4, 0.5) is 4.39 Å². The van der Waals surface area contributed by atoms with Crippen molar-refractivity contribution >= 4 is 27.7 Å². The van der Waals surface area contributed by atoms with Gasteiger partial charge >= 0.3 is 0 Å². The van der Waals surface area contributed by atoms with Gasteiger partial charge in [0, 0.05) is 4.90 Å². The fourth-order valence-corrected chi connectivity index (χ4v) is 2.07. The van der Waals surface area contributed by atoms with Gasteiger partial charge in [-0.05, 0) is 33.8 Å². The molecule has 0 bridgehead atoms. The van der Waals surface area contributed by atoms with Gasteiger partial charge in [-0.1, -0.05) is 13.0 Å². The van der Waals surface area contributed by atoms with Crippen LogP contribution >= 0.6 is 27.7 Å². The smallest absolute Gasteiger partial charge is 0.138 e. The standard InChI is InChI=1S/C8H8BrFS/c1-2-11-7-5-3-4-6(10)8(7)9/h3-5H,2H2,1H3. The second-order valence-corrected chi connectivity index (χ2v) is 4.08. The lowest BCUT2D eigenvalue weighted by molar-refractivity contribution is 0.616. The van der Waals surface area contributed by atoms with Crippen LogP contribution in [0, 0.1) is 5.82 Å². The maximum Gasteiger partial charge on any atom is 0.138 e. The molecule has 0 saturated heterocycles. The summed E-state index contributed by atoms with van der Waals surface area (Å²) in [4.78, 5) is 0.965. The fraction of sp³-hybridized carbons (Fsp3) is 0.250. The number of benzene rings is 1. The van der Waals surface area contributed by atoms with Crippen molar-refractivity contribution in [3.8, 4) is 0 Å². The molecule has 0 aliphatic carbocycles. The molecule has 0 heterocycles. The summed E-state index contributed by atoms with van der Waals surface area (Å²) >= 11 is 4.81. The van der Waals surface area contributed by atoms with E-state index in [0.29, 0.717) is 4.47 Å². The van der Waals surface area contributed by atoms with E-state index >= 15 is 0 Å². The number of thioether (sulfide) groups is 1. The minimum absolute atomic E-state index is 0.191. The van der Waals surface area contributed by atoms with Gasteiger partial charge in [-0.2, -0.15) is 0 Å². The third-order valence-electron chi connectivity index (χ3n) is 1.22. The van der Waals surface area contributed by atoms with Crippen LogP contribution in [0.5, 0.6) is 0 Å². The average Bonchev–Trinajstić information content (AvgIpc) is 1.99. The monoisotopic (exact) mass is 234 g/mol. The number of rotatable bonds is 2. The lowest BCUT2D eigenvalue weighted by atomic mass is 10.3. The zero-order chi connectivity index (χ0) is 8.27. The molecule has 0 N–H and O–H groups in total. The van der Waals surface area contributed by atoms with Crippen molar-refractivity contribution in [1.82, 2.24) is 0 Å². The normalized spacial score (nSPS) is 10.1. The van der Waals surface area contributed by atoms with Crippen LogP contribution in [-0.4, -0.2) is 5.75 Å². The van der Waals surface area contributed by atoms with Gasteiger partial charge in [-0.3, -0.25) is 0 Å². The van der Waals surface area contributed by atoms with Gasteiger partial charge in [0.05, 0.1) is 4.47 Å². The van der Waals surface area contributed by atoms with E-state index in [1.54, 1.807) is 17.8 Å². The minimum Gasteiger partial charge on any atom is -0.206 e. The Bertz CT molecular complexity index is 250. The van der Waals surface area contributed by atoms with E-state index in [1.165, 1.54) is 6.07 Å². The zero-order valence-corrected chi connectivity index (χ0v) is 8.51. The molecule has 0 aliphatic rings. The number of hydrogen-bond acceptors (Lipinski definition) is 1. The molecular formula is C8H8BrFS. The Hall–Kier alpha value is -0.0200. The van der Waals surface area contributed by atoms with Crippen LogP contribution in [0.1, 0.15) is 6.92 Å². The lowest BCUT2D eigenvalue weighted by Crippen LogP contribution is -1.80. The highest BCUT2D eigenvalue weighted by Crippen LogP contribution is 2.28. The van der Waals surface area contributed by atoms with Crippen molar-refractivity contribution in [3.05, 3.63) is 28.5 Å². The summed E-state index contributed by atoms with van der Waals surface area (Å²) in [6, 6.07) is 5.07. The zero-order valence-electron chi connectivity index (χ0n) is 6.10. The predicted octanol–water partition coefficient (Wildman–Crippen LogP) is 3.70. The topological polar surface area (TPSA) is 0 Å². The van der Waals surface area contributed by atoms with Gasteiger partial charge in [0.1, 0.15) is 5.82 Å². The highest BCUT2D eigenvalue weighted by Gasteiger charge is 2.03. The van der Waals surface area contributed by atoms with E-state index in [2.05, 4.69) is 15.9 Å². The molecule has 1 rings (SSSR count). The predicted molar refractivity (Wildman–Crippen MR) is 50.5 cm³/mol. The summed E-state index contributed by atoms with van der Waals surface area (Å²) in [6.45, 7) is 2.04. The van der Waals surface area contributed by atoms with Crippen molar-refractivity contribution in [3.63, 3.8) is 0 Å². The molecule has 0 aliphatic heterocycles. The van der Waals surface area contributed by atoms with Crippen molar-refractivity contribution in [2.24, 2.45) is 0 Å². The van der Waals surface area contributed by atoms with Crippen molar-refractivity contribution in [2.45, 2.75) is 11.8 Å². The summed E-state index contributed by atoms with van der Waals surface area (Å²) in [7, 11) is 0. The summed E-state index contributed by atoms with van der Waals surface area (Å²) in [5.41, 5.74) is 0. The molecule has 0 aromatic heterocycles. The highest BCUT2D eigenvalue weighted by molar-refractivity contribution is 9.10. The molecule has 0 fully saturated rings. The first-order chi connectivity index (χ1) is 5.25. The molecule has 3 heteroatoms. The molecule has 0 saturated carbocycles. The van der Waals surface area contributed by atoms with Gasteiger partial charge in [0.2, 0.25) is 0 Å². The van der Waals surface area contributed by atoms with Gasteiger partial charge in [0.15, 0.2) is 0 Å². The van der Waals surface area contributed by atoms with Crippen molar-refractivity contribution < 1.29 is 4.39 Å². The van der Waals surface area contributed by atoms with E-state index in [1.807, 2.05) is 13.0 Å². The van der Waals surface area contributed by atoms with Gasteiger partial charge in [-0.25, -0.2) is 4.39 Å². The Balaban J connectivity index is 2.96. The largest absolute Gasteiger partial charge is 0.206 e. The van der Waals surface area contributed by atoms with Crippen LogP contribution < -0.4 is 0 Å². The van der Waals surface area contributed by atoms with E-state index < -0.39 is 0 Å². The molecule has 11 heavy (non-hydrogen) atoms. The van der Waals surface area contributed by atoms with Crippen LogP contribution in [-0.2, 0) is 0 Å². The van der Waals surface area contributed by atoms with E-state index in [-0.39, 0.29) is 5.82 Å². The molecule has 1 aromatic rings. The summed E-state index contributed by atoms with van der Waals surface area (Å²) in [6.07, 6.45) is 0. The molecule has 0 amide bonds. The SMILES string of the molecule is CCSc1cccc(F)c1Br. The maximum atomic E-state index is 12.8. The van der Waals surface area contributed by atoms with E-state index in [0.717, 1.165) is 10.6 Å². The van der Waals surface area contributed by atoms with E-state index in [9.17, 15) is 4.39 Å². The molecule has 0 atom stereocenters. The number of hydrogen-bond donors (Lipinski definition) is 0. The quantitative estimate of drug-likeness (QED) is 0.704. The van der Waals surface area contributed by atoms with Crippen LogP contribution in [0.2, 0.25) is 0 Å². The first-order valence-electron chi connectivity index (χ1n) is 3.32. The highest BCUT2D eigenvalue weighted by atomic mass is 79.9. The fourth-order valence-electron chi connectivity index (χ4n) is 0.751. The van der Waals surface area contributed by atoms with Crippen molar-refractivity contribution in [1.29, 1.82) is 0 Å². The first kappa shape index (κ1) is 9.07. The minimum atomic E-state index is -0.191. The molecule has 0 nitrogen and oxygen atoms in total. The summed E-state index contributed by atoms with van der Waals surface area (Å²) < 4.78 is 13.4. The van der Waals surface area contributed by atoms with Crippen LogP contribution in [0.25, 0.3) is 0 Å². The maximum absolute atomic E-state index is 12.8. The molecule has 0 radical (unpaired) electrons. The first-order valence-corrected chi connectivity index (χ1v) is 5.10. The van der Waals surface area contributed by atoms with Crippen molar-refractivity contribution in [2.75, 3.05) is 5.75 Å². The van der Waals surface area contributed by atoms with Gasteiger partial charge in [0.25, 0.3) is 0 Å². The third kappa shape index (κ3) is 2.20. The Morgan fingerprint density at radius 2 is 2.27 bits per heavy atom. The Kier molecular flexibility index (Phi) is 3.40. The second kappa shape index (κ2) is 4.12. The van der Waals surface area contributed by atoms with Crippen LogP contribution in [0.15, 0.2) is 27.6 Å². The van der Waals surface area contributed by atoms with Gasteiger partial charge in [-0.15, -0.1) is 11.8 Å². The molecule has 0 spiro atoms. The summed E-state index contributed by atoms with van der Waals surface area (Å²) in [5.74, 6) is 0.769. The lowest BCUT2D eigenvalue weighted by Gasteiger charge is -2.01. The molecular weight excluding hydrogens is 227 g/mol.